The maximum absolute atomic E-state index is 11.8. The lowest BCUT2D eigenvalue weighted by atomic mass is 9.93. The van der Waals surface area contributed by atoms with Gasteiger partial charge in [0.25, 0.3) is 5.91 Å². The molecule has 1 aromatic carbocycles. The van der Waals surface area contributed by atoms with Crippen LogP contribution in [0.2, 0.25) is 0 Å². The van der Waals surface area contributed by atoms with Gasteiger partial charge < -0.3 is 20.9 Å². The summed E-state index contributed by atoms with van der Waals surface area (Å²) >= 11 is 0. The van der Waals surface area contributed by atoms with E-state index in [2.05, 4.69) is 44.4 Å². The summed E-state index contributed by atoms with van der Waals surface area (Å²) in [6.45, 7) is 4.15. The van der Waals surface area contributed by atoms with Gasteiger partial charge in [-0.2, -0.15) is 5.10 Å². The van der Waals surface area contributed by atoms with E-state index in [4.69, 9.17) is 10.7 Å². The molecule has 0 unspecified atom stereocenters. The molecule has 2 aliphatic rings. The Kier molecular flexibility index (Phi) is 4.82. The second-order valence-corrected chi connectivity index (χ2v) is 8.20. The van der Waals surface area contributed by atoms with Crippen molar-refractivity contribution in [2.75, 3.05) is 43.4 Å². The van der Waals surface area contributed by atoms with Gasteiger partial charge in [0.2, 0.25) is 5.95 Å². The van der Waals surface area contributed by atoms with E-state index in [0.717, 1.165) is 60.8 Å². The van der Waals surface area contributed by atoms with Gasteiger partial charge in [0.05, 0.1) is 11.4 Å². The van der Waals surface area contributed by atoms with Crippen molar-refractivity contribution in [2.24, 2.45) is 12.8 Å². The van der Waals surface area contributed by atoms with Gasteiger partial charge in [0, 0.05) is 56.4 Å². The largest absolute Gasteiger partial charge is 0.369 e. The molecular formula is C22H26N8O. The summed E-state index contributed by atoms with van der Waals surface area (Å²) in [5.74, 6) is 0.0115. The molecule has 1 aliphatic carbocycles. The monoisotopic (exact) mass is 418 g/mol. The van der Waals surface area contributed by atoms with Crippen LogP contribution in [0.5, 0.6) is 0 Å². The van der Waals surface area contributed by atoms with Gasteiger partial charge in [-0.15, -0.1) is 0 Å². The van der Waals surface area contributed by atoms with E-state index >= 15 is 0 Å². The Bertz CT molecular complexity index is 1150. The van der Waals surface area contributed by atoms with Crippen molar-refractivity contribution in [3.8, 4) is 11.4 Å². The minimum Gasteiger partial charge on any atom is -0.369 e. The zero-order valence-corrected chi connectivity index (χ0v) is 17.8. The van der Waals surface area contributed by atoms with Crippen molar-refractivity contribution >= 4 is 23.2 Å². The number of fused-ring (bicyclic) bond motifs is 3. The number of hydrogen-bond acceptors (Lipinski definition) is 7. The number of aryl methyl sites for hydroxylation is 2. The summed E-state index contributed by atoms with van der Waals surface area (Å²) in [5, 5.41) is 7.67. The number of carbonyl (C=O) groups is 1. The van der Waals surface area contributed by atoms with Gasteiger partial charge in [-0.3, -0.25) is 9.48 Å². The topological polar surface area (TPSA) is 105 Å². The Morgan fingerprint density at radius 2 is 1.94 bits per heavy atom. The summed E-state index contributed by atoms with van der Waals surface area (Å²) in [4.78, 5) is 25.8. The average molecular weight is 419 g/mol. The highest BCUT2D eigenvalue weighted by molar-refractivity contribution is 5.94. The van der Waals surface area contributed by atoms with Crippen LogP contribution in [0.3, 0.4) is 0 Å². The Labute approximate surface area is 180 Å². The third-order valence-corrected chi connectivity index (χ3v) is 6.08. The number of piperazine rings is 1. The molecule has 0 spiro atoms. The number of nitrogens with one attached hydrogen (secondary N) is 1. The molecule has 31 heavy (non-hydrogen) atoms. The van der Waals surface area contributed by atoms with Gasteiger partial charge in [-0.25, -0.2) is 9.97 Å². The van der Waals surface area contributed by atoms with E-state index < -0.39 is 5.91 Å². The first-order valence-corrected chi connectivity index (χ1v) is 10.5. The van der Waals surface area contributed by atoms with Gasteiger partial charge in [0.15, 0.2) is 5.69 Å². The molecule has 5 rings (SSSR count). The van der Waals surface area contributed by atoms with Crippen LogP contribution in [-0.4, -0.2) is 63.8 Å². The third-order valence-electron chi connectivity index (χ3n) is 6.08. The molecule has 0 radical (unpaired) electrons. The minimum atomic E-state index is -0.506. The number of likely N-dealkylation sites (N-methyl/N-ethyl adjacent to an activating group) is 1. The first-order chi connectivity index (χ1) is 15.0. The lowest BCUT2D eigenvalue weighted by Gasteiger charge is -2.34. The van der Waals surface area contributed by atoms with Gasteiger partial charge >= 0.3 is 0 Å². The fraction of sp³-hybridized carbons (Fsp3) is 0.364. The summed E-state index contributed by atoms with van der Waals surface area (Å²) in [5.41, 5.74) is 11.5. The van der Waals surface area contributed by atoms with E-state index in [0.29, 0.717) is 18.1 Å². The molecule has 9 heteroatoms. The molecule has 3 aromatic rings. The molecule has 0 saturated carbocycles. The highest BCUT2D eigenvalue weighted by Gasteiger charge is 2.28. The van der Waals surface area contributed by atoms with Crippen LogP contribution >= 0.6 is 0 Å². The Hall–Kier alpha value is -3.46. The second-order valence-electron chi connectivity index (χ2n) is 8.20. The average Bonchev–Trinajstić information content (AvgIpc) is 3.12. The summed E-state index contributed by atoms with van der Waals surface area (Å²) in [7, 11) is 3.97. The quantitative estimate of drug-likeness (QED) is 0.663. The van der Waals surface area contributed by atoms with E-state index in [9.17, 15) is 4.79 Å². The van der Waals surface area contributed by atoms with Crippen LogP contribution in [0.15, 0.2) is 30.5 Å². The van der Waals surface area contributed by atoms with Crippen molar-refractivity contribution in [3.05, 3.63) is 47.3 Å². The fourth-order valence-corrected chi connectivity index (χ4v) is 4.39. The molecule has 3 N–H and O–H groups in total. The SMILES string of the molecule is CN1CCN(c2cccc(Nc3ncc4c(n3)-c3c(c(C(N)=O)nn3C)CC4)c2)CC1. The predicted molar refractivity (Wildman–Crippen MR) is 120 cm³/mol. The number of anilines is 3. The Balaban J connectivity index is 1.43. The van der Waals surface area contributed by atoms with Crippen LogP contribution in [0.1, 0.15) is 21.6 Å². The predicted octanol–water partition coefficient (Wildman–Crippen LogP) is 1.57. The van der Waals surface area contributed by atoms with Gasteiger partial charge in [-0.1, -0.05) is 6.07 Å². The van der Waals surface area contributed by atoms with Gasteiger partial charge in [-0.05, 0) is 43.7 Å². The van der Waals surface area contributed by atoms with Crippen LogP contribution in [0, 0.1) is 0 Å². The van der Waals surface area contributed by atoms with E-state index in [1.807, 2.05) is 25.4 Å². The maximum Gasteiger partial charge on any atom is 0.269 e. The normalized spacial score (nSPS) is 16.0. The zero-order valence-electron chi connectivity index (χ0n) is 17.8. The molecule has 2 aromatic heterocycles. The third kappa shape index (κ3) is 3.61. The molecule has 0 bridgehead atoms. The maximum atomic E-state index is 11.8. The number of primary amides is 1. The van der Waals surface area contributed by atoms with Crippen molar-refractivity contribution in [1.82, 2.24) is 24.6 Å². The molecule has 160 valence electrons. The molecule has 1 fully saturated rings. The highest BCUT2D eigenvalue weighted by Crippen LogP contribution is 2.34. The smallest absolute Gasteiger partial charge is 0.269 e. The zero-order chi connectivity index (χ0) is 21.5. The van der Waals surface area contributed by atoms with E-state index in [-0.39, 0.29) is 0 Å². The summed E-state index contributed by atoms with van der Waals surface area (Å²) in [6.07, 6.45) is 3.32. The van der Waals surface area contributed by atoms with Crippen LogP contribution < -0.4 is 16.0 Å². The molecule has 1 amide bonds. The number of benzene rings is 1. The number of carbonyl (C=O) groups excluding carboxylic acids is 1. The number of nitrogens with zero attached hydrogens (tertiary/aromatic N) is 6. The van der Waals surface area contributed by atoms with Gasteiger partial charge in [0.1, 0.15) is 0 Å². The highest BCUT2D eigenvalue weighted by atomic mass is 16.1. The molecular weight excluding hydrogens is 392 g/mol. The molecule has 1 aliphatic heterocycles. The standard InChI is InChI=1S/C22H26N8O/c1-28-8-10-30(11-9-28)16-5-3-4-15(12-16)25-22-24-13-14-6-7-17-19(21(23)31)27-29(2)20(17)18(14)26-22/h3-5,12-13H,6-11H2,1-2H3,(H2,23,31)(H,24,25,26). The molecule has 9 nitrogen and oxygen atoms in total. The first-order valence-electron chi connectivity index (χ1n) is 10.5. The van der Waals surface area contributed by atoms with Crippen LogP contribution in [0.4, 0.5) is 17.3 Å². The minimum absolute atomic E-state index is 0.330. The van der Waals surface area contributed by atoms with E-state index in [1.165, 1.54) is 5.69 Å². The first kappa shape index (κ1) is 19.5. The number of aromatic nitrogens is 4. The Morgan fingerprint density at radius 1 is 1.13 bits per heavy atom. The number of nitrogens with two attached hydrogens (primary N) is 1. The van der Waals surface area contributed by atoms with Crippen LogP contribution in [0.25, 0.3) is 11.4 Å². The lowest BCUT2D eigenvalue weighted by Crippen LogP contribution is -2.44. The number of rotatable bonds is 4. The van der Waals surface area contributed by atoms with Crippen molar-refractivity contribution in [1.29, 1.82) is 0 Å². The number of amides is 1. The lowest BCUT2D eigenvalue weighted by molar-refractivity contribution is 0.0994. The van der Waals surface area contributed by atoms with Crippen molar-refractivity contribution in [3.63, 3.8) is 0 Å². The van der Waals surface area contributed by atoms with Crippen molar-refractivity contribution < 1.29 is 4.79 Å². The second kappa shape index (κ2) is 7.66. The Morgan fingerprint density at radius 3 is 2.71 bits per heavy atom. The number of hydrogen-bond donors (Lipinski definition) is 2. The molecule has 0 atom stereocenters. The summed E-state index contributed by atoms with van der Waals surface area (Å²) < 4.78 is 1.69. The van der Waals surface area contributed by atoms with Crippen molar-refractivity contribution in [2.45, 2.75) is 12.8 Å². The molecule has 1 saturated heterocycles. The summed E-state index contributed by atoms with van der Waals surface area (Å²) in [6, 6.07) is 8.34. The van der Waals surface area contributed by atoms with Crippen LogP contribution in [-0.2, 0) is 19.9 Å². The molecule has 3 heterocycles. The van der Waals surface area contributed by atoms with E-state index in [1.54, 1.807) is 4.68 Å². The fourth-order valence-electron chi connectivity index (χ4n) is 4.39.